The van der Waals surface area contributed by atoms with Crippen molar-refractivity contribution in [3.8, 4) is 0 Å². The first-order valence-electron chi connectivity index (χ1n) is 7.23. The van der Waals surface area contributed by atoms with Gasteiger partial charge in [-0.25, -0.2) is 0 Å². The minimum absolute atomic E-state index is 0.112. The maximum atomic E-state index is 12.0. The number of aryl methyl sites for hydroxylation is 2. The Hall–Kier alpha value is -0.910. The van der Waals surface area contributed by atoms with Crippen molar-refractivity contribution in [3.63, 3.8) is 0 Å². The molecule has 0 aliphatic heterocycles. The monoisotopic (exact) mass is 297 g/mol. The topological polar surface area (TPSA) is 58.6 Å². The Kier molecular flexibility index (Phi) is 5.57. The van der Waals surface area contributed by atoms with Crippen LogP contribution in [-0.2, 0) is 11.2 Å². The van der Waals surface area contributed by atoms with Gasteiger partial charge in [0.15, 0.2) is 0 Å². The molecule has 2 N–H and O–H groups in total. The molecule has 1 aromatic rings. The van der Waals surface area contributed by atoms with Crippen LogP contribution in [0.1, 0.15) is 39.9 Å². The fourth-order valence-corrected chi connectivity index (χ4v) is 3.02. The number of nitrogens with one attached hydrogen (secondary N) is 1. The summed E-state index contributed by atoms with van der Waals surface area (Å²) in [6, 6.07) is 1.94. The van der Waals surface area contributed by atoms with Gasteiger partial charge in [-0.1, -0.05) is 6.92 Å². The Labute approximate surface area is 124 Å². The second-order valence-electron chi connectivity index (χ2n) is 5.39. The number of carbonyl (C=O) groups excluding carboxylic acids is 1. The number of hydrogen-bond acceptors (Lipinski definition) is 4. The Bertz CT molecular complexity index is 454. The molecule has 1 aliphatic carbocycles. The molecule has 112 valence electrons. The van der Waals surface area contributed by atoms with Gasteiger partial charge in [0.2, 0.25) is 0 Å². The predicted molar refractivity (Wildman–Crippen MR) is 80.3 cm³/mol. The summed E-state index contributed by atoms with van der Waals surface area (Å²) < 4.78 is 5.40. The summed E-state index contributed by atoms with van der Waals surface area (Å²) in [6.45, 7) is 5.37. The molecule has 0 bridgehead atoms. The quantitative estimate of drug-likeness (QED) is 0.773. The molecular weight excluding hydrogens is 274 g/mol. The predicted octanol–water partition coefficient (Wildman–Crippen LogP) is 2.14. The summed E-state index contributed by atoms with van der Waals surface area (Å²) in [6.07, 6.45) is 2.78. The summed E-state index contributed by atoms with van der Waals surface area (Å²) >= 11 is 1.50. The number of amides is 1. The van der Waals surface area contributed by atoms with E-state index in [9.17, 15) is 9.90 Å². The molecule has 4 nitrogen and oxygen atoms in total. The van der Waals surface area contributed by atoms with E-state index in [2.05, 4.69) is 12.2 Å². The van der Waals surface area contributed by atoms with E-state index < -0.39 is 6.10 Å². The Morgan fingerprint density at radius 2 is 2.35 bits per heavy atom. The maximum absolute atomic E-state index is 12.0. The van der Waals surface area contributed by atoms with E-state index in [1.165, 1.54) is 34.6 Å². The number of aliphatic hydroxyl groups is 1. The van der Waals surface area contributed by atoms with Gasteiger partial charge in [0.05, 0.1) is 17.6 Å². The first-order chi connectivity index (χ1) is 9.60. The molecule has 1 aromatic heterocycles. The van der Waals surface area contributed by atoms with E-state index in [1.54, 1.807) is 0 Å². The summed E-state index contributed by atoms with van der Waals surface area (Å²) in [5.74, 6) is 0.581. The first kappa shape index (κ1) is 15.5. The van der Waals surface area contributed by atoms with Gasteiger partial charge in [-0.15, -0.1) is 11.3 Å². The molecule has 1 unspecified atom stereocenters. The van der Waals surface area contributed by atoms with Gasteiger partial charge in [0, 0.05) is 18.0 Å². The van der Waals surface area contributed by atoms with Crippen molar-refractivity contribution in [2.24, 2.45) is 5.92 Å². The lowest BCUT2D eigenvalue weighted by atomic mass is 10.2. The number of aliphatic hydroxyl groups excluding tert-OH is 1. The van der Waals surface area contributed by atoms with Gasteiger partial charge in [0.25, 0.3) is 5.91 Å². The van der Waals surface area contributed by atoms with E-state index >= 15 is 0 Å². The molecule has 20 heavy (non-hydrogen) atoms. The van der Waals surface area contributed by atoms with Crippen molar-refractivity contribution in [1.82, 2.24) is 5.32 Å². The maximum Gasteiger partial charge on any atom is 0.261 e. The third-order valence-electron chi connectivity index (χ3n) is 3.48. The van der Waals surface area contributed by atoms with Crippen LogP contribution in [0.2, 0.25) is 0 Å². The fourth-order valence-electron chi connectivity index (χ4n) is 1.99. The van der Waals surface area contributed by atoms with Crippen molar-refractivity contribution in [1.29, 1.82) is 0 Å². The van der Waals surface area contributed by atoms with E-state index in [-0.39, 0.29) is 12.5 Å². The number of hydrogen-bond donors (Lipinski definition) is 2. The van der Waals surface area contributed by atoms with Crippen LogP contribution < -0.4 is 5.32 Å². The molecule has 5 heteroatoms. The molecule has 1 aliphatic rings. The van der Waals surface area contributed by atoms with E-state index in [1.807, 2.05) is 13.0 Å². The minimum Gasteiger partial charge on any atom is -0.389 e. The standard InChI is InChI=1S/C15H23NO3S/c1-3-12-6-14(20-10(12)2)15(18)16-7-13(17)9-19-8-11-4-5-11/h6,11,13,17H,3-5,7-9H2,1-2H3,(H,16,18). The second kappa shape index (κ2) is 7.20. The van der Waals surface area contributed by atoms with Gasteiger partial charge in [0.1, 0.15) is 0 Å². The smallest absolute Gasteiger partial charge is 0.261 e. The molecule has 1 fully saturated rings. The lowest BCUT2D eigenvalue weighted by molar-refractivity contribution is 0.0321. The molecule has 0 aromatic carbocycles. The summed E-state index contributed by atoms with van der Waals surface area (Å²) in [4.78, 5) is 13.9. The van der Waals surface area contributed by atoms with Crippen LogP contribution in [0.3, 0.4) is 0 Å². The van der Waals surface area contributed by atoms with E-state index in [4.69, 9.17) is 4.74 Å². The van der Waals surface area contributed by atoms with Gasteiger partial charge >= 0.3 is 0 Å². The third-order valence-corrected chi connectivity index (χ3v) is 4.58. The zero-order chi connectivity index (χ0) is 14.5. The number of rotatable bonds is 8. The number of carbonyl (C=O) groups is 1. The minimum atomic E-state index is -0.635. The number of thiophene rings is 1. The van der Waals surface area contributed by atoms with Crippen LogP contribution in [0.25, 0.3) is 0 Å². The van der Waals surface area contributed by atoms with E-state index in [0.717, 1.165) is 13.0 Å². The lowest BCUT2D eigenvalue weighted by Crippen LogP contribution is -2.34. The Balaban J connectivity index is 1.69. The highest BCUT2D eigenvalue weighted by atomic mass is 32.1. The Morgan fingerprint density at radius 1 is 1.60 bits per heavy atom. The van der Waals surface area contributed by atoms with Crippen molar-refractivity contribution < 1.29 is 14.6 Å². The molecular formula is C15H23NO3S. The highest BCUT2D eigenvalue weighted by Crippen LogP contribution is 2.28. The average molecular weight is 297 g/mol. The average Bonchev–Trinajstić information content (AvgIpc) is 3.17. The van der Waals surface area contributed by atoms with Crippen LogP contribution in [0.5, 0.6) is 0 Å². The zero-order valence-electron chi connectivity index (χ0n) is 12.1. The molecule has 1 atom stereocenters. The number of ether oxygens (including phenoxy) is 1. The van der Waals surface area contributed by atoms with Crippen LogP contribution in [0.4, 0.5) is 0 Å². The molecule has 0 saturated heterocycles. The lowest BCUT2D eigenvalue weighted by Gasteiger charge is -2.11. The SMILES string of the molecule is CCc1cc(C(=O)NCC(O)COCC2CC2)sc1C. The summed E-state index contributed by atoms with van der Waals surface area (Å²) in [7, 11) is 0. The van der Waals surface area contributed by atoms with Gasteiger partial charge < -0.3 is 15.2 Å². The van der Waals surface area contributed by atoms with Crippen LogP contribution in [0, 0.1) is 12.8 Å². The van der Waals surface area contributed by atoms with Crippen molar-refractivity contribution in [3.05, 3.63) is 21.4 Å². The summed E-state index contributed by atoms with van der Waals surface area (Å²) in [5.41, 5.74) is 1.22. The normalized spacial score (nSPS) is 16.1. The molecule has 2 rings (SSSR count). The van der Waals surface area contributed by atoms with Crippen molar-refractivity contribution in [2.75, 3.05) is 19.8 Å². The molecule has 0 radical (unpaired) electrons. The third kappa shape index (κ3) is 4.58. The highest BCUT2D eigenvalue weighted by Gasteiger charge is 2.21. The second-order valence-corrected chi connectivity index (χ2v) is 6.65. The zero-order valence-corrected chi connectivity index (χ0v) is 13.0. The van der Waals surface area contributed by atoms with Crippen molar-refractivity contribution >= 4 is 17.2 Å². The molecule has 1 saturated carbocycles. The molecule has 1 heterocycles. The van der Waals surface area contributed by atoms with Gasteiger partial charge in [-0.05, 0) is 43.7 Å². The van der Waals surface area contributed by atoms with Crippen LogP contribution in [0.15, 0.2) is 6.07 Å². The van der Waals surface area contributed by atoms with E-state index in [0.29, 0.717) is 17.4 Å². The molecule has 1 amide bonds. The fraction of sp³-hybridized carbons (Fsp3) is 0.667. The first-order valence-corrected chi connectivity index (χ1v) is 8.05. The van der Waals surface area contributed by atoms with Crippen LogP contribution in [-0.4, -0.2) is 36.9 Å². The highest BCUT2D eigenvalue weighted by molar-refractivity contribution is 7.14. The van der Waals surface area contributed by atoms with Gasteiger partial charge in [-0.2, -0.15) is 0 Å². The molecule has 0 spiro atoms. The van der Waals surface area contributed by atoms with Crippen molar-refractivity contribution in [2.45, 2.75) is 39.2 Å². The largest absolute Gasteiger partial charge is 0.389 e. The van der Waals surface area contributed by atoms with Crippen LogP contribution >= 0.6 is 11.3 Å². The summed E-state index contributed by atoms with van der Waals surface area (Å²) in [5, 5.41) is 12.5. The Morgan fingerprint density at radius 3 is 2.95 bits per heavy atom. The van der Waals surface area contributed by atoms with Gasteiger partial charge in [-0.3, -0.25) is 4.79 Å².